The number of likely N-dealkylation sites (tertiary alicyclic amines) is 1. The number of pyridine rings is 1. The number of esters is 1. The Morgan fingerprint density at radius 1 is 1.12 bits per heavy atom. The van der Waals surface area contributed by atoms with Gasteiger partial charge in [0, 0.05) is 37.0 Å². The predicted molar refractivity (Wildman–Crippen MR) is 141 cm³/mol. The van der Waals surface area contributed by atoms with Crippen molar-refractivity contribution in [1.82, 2.24) is 14.8 Å². The number of nitrogens with zero attached hydrogens (tertiary/aromatic N) is 2. The zero-order valence-electron chi connectivity index (χ0n) is 23.5. The molecule has 40 heavy (non-hydrogen) atoms. The highest BCUT2D eigenvalue weighted by Gasteiger charge is 2.34. The van der Waals surface area contributed by atoms with Crippen molar-refractivity contribution >= 4 is 18.0 Å². The van der Waals surface area contributed by atoms with E-state index >= 15 is 0 Å². The van der Waals surface area contributed by atoms with Gasteiger partial charge in [-0.25, -0.2) is 18.4 Å². The number of carbonyl (C=O) groups excluding carboxylic acids is 3. The van der Waals surface area contributed by atoms with E-state index in [2.05, 4.69) is 5.32 Å². The molecule has 2 atom stereocenters. The smallest absolute Gasteiger partial charge is 0.410 e. The van der Waals surface area contributed by atoms with Crippen molar-refractivity contribution in [2.45, 2.75) is 71.2 Å². The lowest BCUT2D eigenvalue weighted by Gasteiger charge is -2.33. The standard InChI is InChI=1S/C28H35F2N3O7/c1-16-8-7-9-19(14-32(16)27(37)40-28(2,3)4)33-15-20(23(34)24(38-5)22(33)26(36)39-6)25(35)31-13-17-10-11-18(29)12-21(17)30/h10-12,15-16,19H,7-9,13-14H2,1-6H3,(H,31,35). The molecule has 1 saturated heterocycles. The van der Waals surface area contributed by atoms with E-state index in [1.807, 2.05) is 6.92 Å². The van der Waals surface area contributed by atoms with Gasteiger partial charge in [0.2, 0.25) is 5.43 Å². The minimum atomic E-state index is -0.873. The molecule has 0 spiro atoms. The van der Waals surface area contributed by atoms with Gasteiger partial charge < -0.3 is 29.0 Å². The lowest BCUT2D eigenvalue weighted by Crippen LogP contribution is -2.44. The molecule has 3 rings (SSSR count). The minimum absolute atomic E-state index is 0.0129. The fourth-order valence-electron chi connectivity index (χ4n) is 4.58. The summed E-state index contributed by atoms with van der Waals surface area (Å²) in [5, 5.41) is 2.46. The second kappa shape index (κ2) is 12.5. The molecule has 0 saturated carbocycles. The molecule has 0 aliphatic carbocycles. The van der Waals surface area contributed by atoms with Gasteiger partial charge in [0.25, 0.3) is 5.91 Å². The Morgan fingerprint density at radius 2 is 1.82 bits per heavy atom. The molecule has 2 heterocycles. The summed E-state index contributed by atoms with van der Waals surface area (Å²) >= 11 is 0. The van der Waals surface area contributed by atoms with E-state index in [1.165, 1.54) is 23.9 Å². The van der Waals surface area contributed by atoms with Crippen LogP contribution >= 0.6 is 0 Å². The highest BCUT2D eigenvalue weighted by atomic mass is 19.1. The quantitative estimate of drug-likeness (QED) is 0.524. The Hall–Kier alpha value is -3.96. The van der Waals surface area contributed by atoms with Crippen molar-refractivity contribution < 1.29 is 37.4 Å². The first-order chi connectivity index (χ1) is 18.8. The Kier molecular flexibility index (Phi) is 9.54. The van der Waals surface area contributed by atoms with Crippen molar-refractivity contribution in [3.8, 4) is 5.75 Å². The molecular weight excluding hydrogens is 528 g/mol. The highest BCUT2D eigenvalue weighted by Crippen LogP contribution is 2.30. The third kappa shape index (κ3) is 6.97. The molecule has 0 radical (unpaired) electrons. The van der Waals surface area contributed by atoms with Crippen molar-refractivity contribution in [2.24, 2.45) is 0 Å². The van der Waals surface area contributed by atoms with Gasteiger partial charge in [-0.2, -0.15) is 0 Å². The topological polar surface area (TPSA) is 116 Å². The molecule has 2 amide bonds. The molecule has 1 aromatic heterocycles. The van der Waals surface area contributed by atoms with Gasteiger partial charge in [0.15, 0.2) is 11.4 Å². The second-order valence-corrected chi connectivity index (χ2v) is 10.6. The molecule has 2 unspecified atom stereocenters. The van der Waals surface area contributed by atoms with Crippen molar-refractivity contribution in [1.29, 1.82) is 0 Å². The van der Waals surface area contributed by atoms with Crippen LogP contribution in [-0.4, -0.2) is 59.8 Å². The zero-order valence-corrected chi connectivity index (χ0v) is 23.5. The first-order valence-corrected chi connectivity index (χ1v) is 12.9. The summed E-state index contributed by atoms with van der Waals surface area (Å²) in [5.41, 5.74) is -2.17. The van der Waals surface area contributed by atoms with Crippen LogP contribution in [0.1, 0.15) is 79.4 Å². The summed E-state index contributed by atoms with van der Waals surface area (Å²) in [5.74, 6) is -3.75. The van der Waals surface area contributed by atoms with Crippen LogP contribution in [0.15, 0.2) is 29.2 Å². The van der Waals surface area contributed by atoms with Crippen LogP contribution in [0.5, 0.6) is 5.75 Å². The van der Waals surface area contributed by atoms with Crippen LogP contribution < -0.4 is 15.5 Å². The van der Waals surface area contributed by atoms with Gasteiger partial charge in [-0.1, -0.05) is 6.07 Å². The molecule has 218 valence electrons. The van der Waals surface area contributed by atoms with Crippen LogP contribution in [0, 0.1) is 11.6 Å². The van der Waals surface area contributed by atoms with E-state index in [1.54, 1.807) is 25.7 Å². The van der Waals surface area contributed by atoms with Crippen molar-refractivity contribution in [2.75, 3.05) is 20.8 Å². The first kappa shape index (κ1) is 30.6. The van der Waals surface area contributed by atoms with Crippen molar-refractivity contribution in [3.63, 3.8) is 0 Å². The van der Waals surface area contributed by atoms with Crippen LogP contribution in [0.25, 0.3) is 0 Å². The third-order valence-corrected chi connectivity index (χ3v) is 6.59. The third-order valence-electron chi connectivity index (χ3n) is 6.59. The van der Waals surface area contributed by atoms with Gasteiger partial charge in [0.1, 0.15) is 22.8 Å². The van der Waals surface area contributed by atoms with Crippen LogP contribution in [0.3, 0.4) is 0 Å². The number of aromatic nitrogens is 1. The van der Waals surface area contributed by atoms with E-state index in [-0.39, 0.29) is 36.0 Å². The molecule has 1 fully saturated rings. The second-order valence-electron chi connectivity index (χ2n) is 10.6. The fraction of sp³-hybridized carbons (Fsp3) is 0.500. The van der Waals surface area contributed by atoms with Gasteiger partial charge in [-0.05, 0) is 53.0 Å². The fourth-order valence-corrected chi connectivity index (χ4v) is 4.58. The van der Waals surface area contributed by atoms with E-state index in [0.29, 0.717) is 25.3 Å². The Morgan fingerprint density at radius 3 is 2.42 bits per heavy atom. The lowest BCUT2D eigenvalue weighted by atomic mass is 10.1. The average molecular weight is 564 g/mol. The number of nitrogens with one attached hydrogen (secondary N) is 1. The normalized spacial score (nSPS) is 17.6. The van der Waals surface area contributed by atoms with E-state index in [0.717, 1.165) is 13.2 Å². The Labute approximate surface area is 231 Å². The van der Waals surface area contributed by atoms with E-state index in [4.69, 9.17) is 14.2 Å². The van der Waals surface area contributed by atoms with E-state index in [9.17, 15) is 28.0 Å². The maximum atomic E-state index is 14.1. The zero-order chi connectivity index (χ0) is 29.8. The van der Waals surface area contributed by atoms with Gasteiger partial charge in [-0.3, -0.25) is 9.59 Å². The Balaban J connectivity index is 2.06. The monoisotopic (exact) mass is 563 g/mol. The molecule has 0 bridgehead atoms. The van der Waals surface area contributed by atoms with Gasteiger partial charge >= 0.3 is 12.1 Å². The molecule has 2 aromatic rings. The summed E-state index contributed by atoms with van der Waals surface area (Å²) < 4.78 is 44.6. The summed E-state index contributed by atoms with van der Waals surface area (Å²) in [6.07, 6.45) is 2.53. The number of hydrogen-bond donors (Lipinski definition) is 1. The van der Waals surface area contributed by atoms with Crippen LogP contribution in [0.4, 0.5) is 13.6 Å². The number of benzene rings is 1. The van der Waals surface area contributed by atoms with Gasteiger partial charge in [0.05, 0.1) is 20.3 Å². The number of methoxy groups -OCH3 is 2. The molecule has 1 aliphatic rings. The predicted octanol–water partition coefficient (Wildman–Crippen LogP) is 4.20. The van der Waals surface area contributed by atoms with E-state index < -0.39 is 52.4 Å². The minimum Gasteiger partial charge on any atom is -0.491 e. The number of halogens is 2. The summed E-state index contributed by atoms with van der Waals surface area (Å²) in [4.78, 5) is 53.9. The number of amides is 2. The van der Waals surface area contributed by atoms with Crippen LogP contribution in [0.2, 0.25) is 0 Å². The summed E-state index contributed by atoms with van der Waals surface area (Å²) in [7, 11) is 2.34. The molecule has 1 N–H and O–H groups in total. The molecule has 12 heteroatoms. The lowest BCUT2D eigenvalue weighted by molar-refractivity contribution is 0.0159. The number of hydrogen-bond acceptors (Lipinski definition) is 7. The summed E-state index contributed by atoms with van der Waals surface area (Å²) in [6.45, 7) is 6.97. The molecule has 10 nitrogen and oxygen atoms in total. The summed E-state index contributed by atoms with van der Waals surface area (Å²) in [6, 6.07) is 2.20. The number of ether oxygens (including phenoxy) is 3. The van der Waals surface area contributed by atoms with Gasteiger partial charge in [-0.15, -0.1) is 0 Å². The number of rotatable bonds is 6. The highest BCUT2D eigenvalue weighted by molar-refractivity contribution is 5.97. The first-order valence-electron chi connectivity index (χ1n) is 12.9. The van der Waals surface area contributed by atoms with Crippen LogP contribution in [-0.2, 0) is 16.0 Å². The molecule has 1 aromatic carbocycles. The largest absolute Gasteiger partial charge is 0.491 e. The SMILES string of the molecule is COC(=O)c1c(OC)c(=O)c(C(=O)NCc2ccc(F)cc2F)cn1C1CCCC(C)N(C(=O)OC(C)(C)C)C1. The number of carbonyl (C=O) groups is 3. The maximum absolute atomic E-state index is 14.1. The Bertz CT molecular complexity index is 1340. The van der Waals surface area contributed by atoms with Crippen molar-refractivity contribution in [3.05, 3.63) is 63.1 Å². The molecular formula is C28H35F2N3O7. The maximum Gasteiger partial charge on any atom is 0.410 e. The average Bonchev–Trinajstić information content (AvgIpc) is 3.07. The molecule has 1 aliphatic heterocycles.